The molecule has 0 spiro atoms. The predicted molar refractivity (Wildman–Crippen MR) is 80.6 cm³/mol. The van der Waals surface area contributed by atoms with E-state index < -0.39 is 11.7 Å². The van der Waals surface area contributed by atoms with Gasteiger partial charge < -0.3 is 11.1 Å². The number of rotatable bonds is 4. The Hall–Kier alpha value is -1.56. The largest absolute Gasteiger partial charge is 0.369 e. The highest BCUT2D eigenvalue weighted by Crippen LogP contribution is 2.26. The first-order valence-corrected chi connectivity index (χ1v) is 8.18. The number of carbonyl (C=O) groups is 2. The molecule has 1 aliphatic rings. The van der Waals surface area contributed by atoms with E-state index in [1.807, 2.05) is 0 Å². The first-order chi connectivity index (χ1) is 10.0. The van der Waals surface area contributed by atoms with Crippen molar-refractivity contribution in [2.75, 3.05) is 6.26 Å². The molecule has 3 N–H and O–H groups in total. The molecule has 21 heavy (non-hydrogen) atoms. The summed E-state index contributed by atoms with van der Waals surface area (Å²) in [6, 6.07) is 4.46. The summed E-state index contributed by atoms with van der Waals surface area (Å²) in [7, 11) is 0. The Bertz CT molecular complexity index is 550. The Morgan fingerprint density at radius 1 is 1.38 bits per heavy atom. The number of hydrogen-bond donors (Lipinski definition) is 2. The maximum absolute atomic E-state index is 13.9. The van der Waals surface area contributed by atoms with Gasteiger partial charge in [-0.25, -0.2) is 4.39 Å². The molecule has 1 aromatic carbocycles. The number of benzene rings is 1. The molecule has 2 atom stereocenters. The molecule has 1 saturated carbocycles. The molecule has 0 bridgehead atoms. The van der Waals surface area contributed by atoms with Crippen molar-refractivity contribution in [3.8, 4) is 0 Å². The van der Waals surface area contributed by atoms with Crippen LogP contribution in [0.3, 0.4) is 0 Å². The molecule has 1 aromatic rings. The van der Waals surface area contributed by atoms with Crippen molar-refractivity contribution >= 4 is 23.6 Å². The van der Waals surface area contributed by atoms with Crippen LogP contribution >= 0.6 is 11.8 Å². The van der Waals surface area contributed by atoms with E-state index in [-0.39, 0.29) is 23.4 Å². The summed E-state index contributed by atoms with van der Waals surface area (Å²) >= 11 is 1.33. The van der Waals surface area contributed by atoms with Crippen LogP contribution in [0.2, 0.25) is 0 Å². The minimum absolute atomic E-state index is 0.0752. The van der Waals surface area contributed by atoms with Gasteiger partial charge in [0.15, 0.2) is 0 Å². The van der Waals surface area contributed by atoms with E-state index in [0.717, 1.165) is 19.3 Å². The van der Waals surface area contributed by atoms with Crippen molar-refractivity contribution in [3.05, 3.63) is 29.6 Å². The highest BCUT2D eigenvalue weighted by Gasteiger charge is 2.28. The first-order valence-electron chi connectivity index (χ1n) is 6.95. The van der Waals surface area contributed by atoms with Crippen LogP contribution in [-0.2, 0) is 4.79 Å². The lowest BCUT2D eigenvalue weighted by Crippen LogP contribution is -2.41. The fraction of sp³-hybridized carbons (Fsp3) is 0.467. The van der Waals surface area contributed by atoms with Crippen molar-refractivity contribution in [1.29, 1.82) is 0 Å². The average molecular weight is 310 g/mol. The Labute approximate surface area is 127 Å². The quantitative estimate of drug-likeness (QED) is 0.838. The second-order valence-corrected chi connectivity index (χ2v) is 6.10. The summed E-state index contributed by atoms with van der Waals surface area (Å²) in [6.07, 6.45) is 4.72. The van der Waals surface area contributed by atoms with E-state index in [2.05, 4.69) is 5.32 Å². The zero-order valence-corrected chi connectivity index (χ0v) is 12.7. The first kappa shape index (κ1) is 15.8. The van der Waals surface area contributed by atoms with E-state index in [0.29, 0.717) is 11.3 Å². The van der Waals surface area contributed by atoms with Crippen molar-refractivity contribution in [1.82, 2.24) is 5.32 Å². The molecule has 0 unspecified atom stereocenters. The normalized spacial score (nSPS) is 21.8. The summed E-state index contributed by atoms with van der Waals surface area (Å²) in [5.74, 6) is -1.48. The van der Waals surface area contributed by atoms with E-state index >= 15 is 0 Å². The van der Waals surface area contributed by atoms with Gasteiger partial charge in [0.25, 0.3) is 5.91 Å². The minimum atomic E-state index is -0.526. The van der Waals surface area contributed by atoms with E-state index in [4.69, 9.17) is 5.73 Å². The number of thioether (sulfide) groups is 1. The highest BCUT2D eigenvalue weighted by atomic mass is 32.2. The number of primary amides is 1. The summed E-state index contributed by atoms with van der Waals surface area (Å²) in [5.41, 5.74) is 5.40. The molecule has 2 amide bonds. The van der Waals surface area contributed by atoms with E-state index in [1.165, 1.54) is 17.8 Å². The maximum Gasteiger partial charge on any atom is 0.255 e. The topological polar surface area (TPSA) is 72.2 Å². The molecule has 0 radical (unpaired) electrons. The van der Waals surface area contributed by atoms with Gasteiger partial charge in [0, 0.05) is 16.9 Å². The molecular formula is C15H19FN2O2S. The predicted octanol–water partition coefficient (Wildman–Crippen LogP) is 2.32. The van der Waals surface area contributed by atoms with Gasteiger partial charge in [-0.3, -0.25) is 9.59 Å². The van der Waals surface area contributed by atoms with Crippen molar-refractivity contribution < 1.29 is 14.0 Å². The molecule has 1 fully saturated rings. The second kappa shape index (κ2) is 6.93. The zero-order chi connectivity index (χ0) is 15.4. The second-order valence-electron chi connectivity index (χ2n) is 5.25. The van der Waals surface area contributed by atoms with E-state index in [1.54, 1.807) is 18.4 Å². The molecule has 0 aliphatic heterocycles. The van der Waals surface area contributed by atoms with Crippen molar-refractivity contribution in [2.45, 2.75) is 36.6 Å². The third-order valence-corrected chi connectivity index (χ3v) is 4.61. The van der Waals surface area contributed by atoms with Gasteiger partial charge in [-0.1, -0.05) is 12.5 Å². The van der Waals surface area contributed by atoms with Crippen LogP contribution in [-0.4, -0.2) is 24.1 Å². The molecule has 0 saturated heterocycles. The van der Waals surface area contributed by atoms with Gasteiger partial charge in [-0.2, -0.15) is 0 Å². The lowest BCUT2D eigenvalue weighted by molar-refractivity contribution is -0.122. The molecule has 0 heterocycles. The van der Waals surface area contributed by atoms with Gasteiger partial charge in [0.05, 0.1) is 5.56 Å². The zero-order valence-electron chi connectivity index (χ0n) is 11.9. The maximum atomic E-state index is 13.9. The molecule has 1 aliphatic carbocycles. The van der Waals surface area contributed by atoms with Crippen LogP contribution in [0.15, 0.2) is 23.1 Å². The Morgan fingerprint density at radius 2 is 2.14 bits per heavy atom. The number of amides is 2. The molecule has 0 aromatic heterocycles. The average Bonchev–Trinajstić information content (AvgIpc) is 2.46. The standard InChI is InChI=1S/C15H19FN2O2S/c1-21-12-7-3-6-11(16)13(12)15(20)18-10-5-2-4-9(8-10)14(17)19/h3,6-7,9-10H,2,4-5,8H2,1H3,(H2,17,19)(H,18,20)/t9-,10-/m1/s1. The third-order valence-electron chi connectivity index (χ3n) is 3.83. The fourth-order valence-corrected chi connectivity index (χ4v) is 3.34. The van der Waals surface area contributed by atoms with Crippen LogP contribution in [0.4, 0.5) is 4.39 Å². The fourth-order valence-electron chi connectivity index (χ4n) is 2.73. The molecular weight excluding hydrogens is 291 g/mol. The van der Waals surface area contributed by atoms with Crippen LogP contribution in [0, 0.1) is 11.7 Å². The number of halogens is 1. The summed E-state index contributed by atoms with van der Waals surface area (Å²) in [6.45, 7) is 0. The molecule has 4 nitrogen and oxygen atoms in total. The molecule has 114 valence electrons. The summed E-state index contributed by atoms with van der Waals surface area (Å²) in [5, 5.41) is 2.84. The van der Waals surface area contributed by atoms with Gasteiger partial charge >= 0.3 is 0 Å². The van der Waals surface area contributed by atoms with Crippen LogP contribution in [0.1, 0.15) is 36.0 Å². The number of nitrogens with one attached hydrogen (secondary N) is 1. The number of nitrogens with two attached hydrogens (primary N) is 1. The van der Waals surface area contributed by atoms with Gasteiger partial charge in [-0.15, -0.1) is 11.8 Å². The highest BCUT2D eigenvalue weighted by molar-refractivity contribution is 7.98. The Balaban J connectivity index is 2.10. The molecule has 2 rings (SSSR count). The number of carbonyl (C=O) groups excluding carboxylic acids is 2. The van der Waals surface area contributed by atoms with Crippen molar-refractivity contribution in [2.24, 2.45) is 11.7 Å². The monoisotopic (exact) mass is 310 g/mol. The summed E-state index contributed by atoms with van der Waals surface area (Å²) < 4.78 is 13.9. The smallest absolute Gasteiger partial charge is 0.255 e. The SMILES string of the molecule is CSc1cccc(F)c1C(=O)N[C@@H]1CCC[C@@H](C(N)=O)C1. The lowest BCUT2D eigenvalue weighted by Gasteiger charge is -2.28. The van der Waals surface area contributed by atoms with Crippen LogP contribution in [0.25, 0.3) is 0 Å². The summed E-state index contributed by atoms with van der Waals surface area (Å²) in [4.78, 5) is 24.2. The van der Waals surface area contributed by atoms with Gasteiger partial charge in [0.1, 0.15) is 5.82 Å². The van der Waals surface area contributed by atoms with Crippen molar-refractivity contribution in [3.63, 3.8) is 0 Å². The number of hydrogen-bond acceptors (Lipinski definition) is 3. The molecule has 6 heteroatoms. The third kappa shape index (κ3) is 3.75. The minimum Gasteiger partial charge on any atom is -0.369 e. The van der Waals surface area contributed by atoms with Gasteiger partial charge in [-0.05, 0) is 37.7 Å². The van der Waals surface area contributed by atoms with Crippen LogP contribution < -0.4 is 11.1 Å². The Kier molecular flexibility index (Phi) is 5.22. The Morgan fingerprint density at radius 3 is 2.81 bits per heavy atom. The van der Waals surface area contributed by atoms with Gasteiger partial charge in [0.2, 0.25) is 5.91 Å². The van der Waals surface area contributed by atoms with Crippen LogP contribution in [0.5, 0.6) is 0 Å². The lowest BCUT2D eigenvalue weighted by atomic mass is 9.85. The van der Waals surface area contributed by atoms with E-state index in [9.17, 15) is 14.0 Å².